The summed E-state index contributed by atoms with van der Waals surface area (Å²) in [4.78, 5) is 22.7. The number of aryl methyl sites for hydroxylation is 1. The molecule has 0 aromatic carbocycles. The number of carbonyl (C=O) groups excluding carboxylic acids is 1. The van der Waals surface area contributed by atoms with Crippen LogP contribution in [0.5, 0.6) is 0 Å². The van der Waals surface area contributed by atoms with Gasteiger partial charge in [0.15, 0.2) is 5.82 Å². The number of fused-ring (bicyclic) bond motifs is 1. The maximum atomic E-state index is 11.9. The molecule has 1 fully saturated rings. The summed E-state index contributed by atoms with van der Waals surface area (Å²) in [6.45, 7) is 8.22. The molecule has 24 heavy (non-hydrogen) atoms. The summed E-state index contributed by atoms with van der Waals surface area (Å²) in [5.74, 6) is 1.16. The van der Waals surface area contributed by atoms with Crippen molar-refractivity contribution in [1.82, 2.24) is 9.97 Å². The minimum atomic E-state index is -0.275. The Labute approximate surface area is 142 Å². The molecule has 0 radical (unpaired) electrons. The van der Waals surface area contributed by atoms with Crippen molar-refractivity contribution in [2.24, 2.45) is 0 Å². The highest BCUT2D eigenvalue weighted by Crippen LogP contribution is 2.32. The number of anilines is 3. The van der Waals surface area contributed by atoms with E-state index in [9.17, 15) is 4.79 Å². The van der Waals surface area contributed by atoms with Crippen LogP contribution < -0.4 is 15.5 Å². The van der Waals surface area contributed by atoms with Gasteiger partial charge in [0.2, 0.25) is 11.9 Å². The van der Waals surface area contributed by atoms with Crippen molar-refractivity contribution in [2.45, 2.75) is 52.3 Å². The molecular formula is C16H27N5O3. The average molecular weight is 337 g/mol. The van der Waals surface area contributed by atoms with E-state index < -0.39 is 0 Å². The van der Waals surface area contributed by atoms with E-state index in [1.807, 2.05) is 39.6 Å². The zero-order valence-corrected chi connectivity index (χ0v) is 15.0. The van der Waals surface area contributed by atoms with Gasteiger partial charge in [-0.15, -0.1) is 0 Å². The molecule has 2 aliphatic rings. The monoisotopic (exact) mass is 337 g/mol. The first kappa shape index (κ1) is 18.4. The van der Waals surface area contributed by atoms with Crippen molar-refractivity contribution in [3.05, 3.63) is 5.69 Å². The maximum Gasteiger partial charge on any atom is 0.246 e. The lowest BCUT2D eigenvalue weighted by Crippen LogP contribution is -2.45. The highest BCUT2D eigenvalue weighted by molar-refractivity contribution is 6.03. The van der Waals surface area contributed by atoms with Gasteiger partial charge in [0.25, 0.3) is 0 Å². The van der Waals surface area contributed by atoms with Gasteiger partial charge in [0.1, 0.15) is 11.7 Å². The van der Waals surface area contributed by atoms with Crippen LogP contribution >= 0.6 is 0 Å². The first-order valence-corrected chi connectivity index (χ1v) is 8.41. The Hall–Kier alpha value is -1.93. The molecule has 1 aromatic heterocycles. The zero-order chi connectivity index (χ0) is 17.9. The van der Waals surface area contributed by atoms with Gasteiger partial charge in [-0.3, -0.25) is 4.79 Å². The summed E-state index contributed by atoms with van der Waals surface area (Å²) in [6, 6.07) is -0.196. The summed E-state index contributed by atoms with van der Waals surface area (Å²) in [5, 5.41) is 15.2. The Balaban J connectivity index is 0.00000100. The standard InChI is InChI=1S/C14H21N5O3.C2H6/c1-7-11-12(19(3)8(2)13(21)17-11)18-14(15-7)16-9-4-10(5-20)22-6-9;1-2/h8-10,20H,4-6H2,1-3H3,(H,17,21)(H,15,16,18);1-2H3/t8-,9?,10?;/m0./s1. The number of nitrogens with one attached hydrogen (secondary N) is 2. The molecule has 2 unspecified atom stereocenters. The third-order valence-corrected chi connectivity index (χ3v) is 4.23. The predicted octanol–water partition coefficient (Wildman–Crippen LogP) is 1.15. The van der Waals surface area contributed by atoms with Crippen molar-refractivity contribution in [3.63, 3.8) is 0 Å². The Morgan fingerprint density at radius 2 is 2.12 bits per heavy atom. The first-order valence-electron chi connectivity index (χ1n) is 8.41. The average Bonchev–Trinajstić information content (AvgIpc) is 3.03. The molecule has 0 saturated carbocycles. The zero-order valence-electron chi connectivity index (χ0n) is 15.0. The fourth-order valence-electron chi connectivity index (χ4n) is 2.73. The molecule has 8 nitrogen and oxygen atoms in total. The smallest absolute Gasteiger partial charge is 0.246 e. The van der Waals surface area contributed by atoms with Crippen LogP contribution in [0.2, 0.25) is 0 Å². The van der Waals surface area contributed by atoms with Crippen LogP contribution in [0.1, 0.15) is 32.9 Å². The second kappa shape index (κ2) is 7.76. The maximum absolute atomic E-state index is 11.9. The quantitative estimate of drug-likeness (QED) is 0.761. The number of aliphatic hydroxyl groups excluding tert-OH is 1. The van der Waals surface area contributed by atoms with E-state index >= 15 is 0 Å². The van der Waals surface area contributed by atoms with Gasteiger partial charge in [-0.1, -0.05) is 13.8 Å². The number of aromatic nitrogens is 2. The number of amides is 1. The Bertz CT molecular complexity index is 595. The van der Waals surface area contributed by atoms with Crippen LogP contribution in [0.25, 0.3) is 0 Å². The van der Waals surface area contributed by atoms with Crippen LogP contribution in [0.3, 0.4) is 0 Å². The summed E-state index contributed by atoms with van der Waals surface area (Å²) in [6.07, 6.45) is 0.595. The summed E-state index contributed by atoms with van der Waals surface area (Å²) in [7, 11) is 1.85. The fraction of sp³-hybridized carbons (Fsp3) is 0.688. The molecule has 0 spiro atoms. The number of nitrogens with zero attached hydrogens (tertiary/aromatic N) is 3. The number of carbonyl (C=O) groups is 1. The Kier molecular flexibility index (Phi) is 5.95. The van der Waals surface area contributed by atoms with E-state index in [0.717, 1.165) is 12.1 Å². The van der Waals surface area contributed by atoms with E-state index in [1.54, 1.807) is 0 Å². The second-order valence-corrected chi connectivity index (χ2v) is 5.82. The molecule has 1 saturated heterocycles. The summed E-state index contributed by atoms with van der Waals surface area (Å²) >= 11 is 0. The van der Waals surface area contributed by atoms with E-state index in [-0.39, 0.29) is 30.7 Å². The third kappa shape index (κ3) is 3.59. The van der Waals surface area contributed by atoms with Gasteiger partial charge in [-0.05, 0) is 20.3 Å². The van der Waals surface area contributed by atoms with Crippen molar-refractivity contribution in [3.8, 4) is 0 Å². The van der Waals surface area contributed by atoms with Crippen molar-refractivity contribution < 1.29 is 14.6 Å². The molecule has 134 valence electrons. The van der Waals surface area contributed by atoms with E-state index in [0.29, 0.717) is 24.1 Å². The number of ether oxygens (including phenoxy) is 1. The lowest BCUT2D eigenvalue weighted by molar-refractivity contribution is -0.117. The lowest BCUT2D eigenvalue weighted by Gasteiger charge is -2.32. The van der Waals surface area contributed by atoms with Gasteiger partial charge >= 0.3 is 0 Å². The minimum Gasteiger partial charge on any atom is -0.394 e. The Morgan fingerprint density at radius 1 is 1.42 bits per heavy atom. The van der Waals surface area contributed by atoms with Crippen LogP contribution in [0, 0.1) is 6.92 Å². The second-order valence-electron chi connectivity index (χ2n) is 5.82. The lowest BCUT2D eigenvalue weighted by atomic mass is 10.1. The summed E-state index contributed by atoms with van der Waals surface area (Å²) in [5.41, 5.74) is 1.38. The molecule has 2 aliphatic heterocycles. The van der Waals surface area contributed by atoms with E-state index in [1.165, 1.54) is 0 Å². The van der Waals surface area contributed by atoms with Gasteiger partial charge in [-0.2, -0.15) is 4.98 Å². The van der Waals surface area contributed by atoms with Crippen molar-refractivity contribution in [2.75, 3.05) is 35.8 Å². The molecule has 3 rings (SSSR count). The van der Waals surface area contributed by atoms with Crippen LogP contribution in [-0.2, 0) is 9.53 Å². The fourth-order valence-corrected chi connectivity index (χ4v) is 2.73. The normalized spacial score (nSPS) is 25.5. The molecular weight excluding hydrogens is 310 g/mol. The number of aliphatic hydroxyl groups is 1. The summed E-state index contributed by atoms with van der Waals surface area (Å²) < 4.78 is 5.45. The molecule has 3 heterocycles. The predicted molar refractivity (Wildman–Crippen MR) is 93.5 cm³/mol. The van der Waals surface area contributed by atoms with Crippen molar-refractivity contribution >= 4 is 23.4 Å². The van der Waals surface area contributed by atoms with Gasteiger partial charge in [-0.25, -0.2) is 4.98 Å². The topological polar surface area (TPSA) is 99.6 Å². The number of hydrogen-bond acceptors (Lipinski definition) is 7. The Morgan fingerprint density at radius 3 is 2.75 bits per heavy atom. The highest BCUT2D eigenvalue weighted by atomic mass is 16.5. The number of likely N-dealkylation sites (N-methyl/N-ethyl adjacent to an activating group) is 1. The minimum absolute atomic E-state index is 0.0224. The molecule has 3 N–H and O–H groups in total. The number of hydrogen-bond donors (Lipinski definition) is 3. The number of rotatable bonds is 3. The molecule has 0 aliphatic carbocycles. The SMILES string of the molecule is CC.Cc1nc(NC2COC(CO)C2)nc2c1NC(=O)[C@H](C)N2C. The van der Waals surface area contributed by atoms with E-state index in [2.05, 4.69) is 20.6 Å². The molecule has 3 atom stereocenters. The van der Waals surface area contributed by atoms with Crippen molar-refractivity contribution in [1.29, 1.82) is 0 Å². The van der Waals surface area contributed by atoms with Gasteiger partial charge in [0, 0.05) is 7.05 Å². The molecule has 0 bridgehead atoms. The first-order chi connectivity index (χ1) is 11.5. The van der Waals surface area contributed by atoms with E-state index in [4.69, 9.17) is 9.84 Å². The van der Waals surface area contributed by atoms with Gasteiger partial charge in [0.05, 0.1) is 31.1 Å². The van der Waals surface area contributed by atoms with Crippen LogP contribution in [0.15, 0.2) is 0 Å². The molecule has 8 heteroatoms. The highest BCUT2D eigenvalue weighted by Gasteiger charge is 2.31. The molecule has 1 aromatic rings. The van der Waals surface area contributed by atoms with Gasteiger partial charge < -0.3 is 25.4 Å². The third-order valence-electron chi connectivity index (χ3n) is 4.23. The largest absolute Gasteiger partial charge is 0.394 e. The van der Waals surface area contributed by atoms with Crippen LogP contribution in [-0.4, -0.2) is 59.4 Å². The van der Waals surface area contributed by atoms with Crippen LogP contribution in [0.4, 0.5) is 17.5 Å². The molecule has 1 amide bonds.